The van der Waals surface area contributed by atoms with Crippen LogP contribution in [0.4, 0.5) is 11.4 Å². The average molecular weight is 355 g/mol. The van der Waals surface area contributed by atoms with E-state index in [1.165, 1.54) is 6.07 Å². The number of carbonyl (C=O) groups is 1. The number of para-hydroxylation sites is 2. The van der Waals surface area contributed by atoms with Gasteiger partial charge in [-0.1, -0.05) is 19.1 Å². The van der Waals surface area contributed by atoms with Crippen molar-refractivity contribution >= 4 is 29.7 Å². The summed E-state index contributed by atoms with van der Waals surface area (Å²) in [7, 11) is 0. The Morgan fingerprint density at radius 2 is 1.88 bits per heavy atom. The topological polar surface area (TPSA) is 78.7 Å². The molecule has 0 aromatic heterocycles. The molecule has 2 aliphatic heterocycles. The predicted octanol–water partition coefficient (Wildman–Crippen LogP) is 1.52. The van der Waals surface area contributed by atoms with E-state index in [0.29, 0.717) is 37.8 Å². The van der Waals surface area contributed by atoms with E-state index >= 15 is 0 Å². The molecule has 24 heavy (non-hydrogen) atoms. The number of anilines is 1. The highest BCUT2D eigenvalue weighted by Crippen LogP contribution is 2.28. The molecule has 132 valence electrons. The molecule has 2 fully saturated rings. The summed E-state index contributed by atoms with van der Waals surface area (Å²) in [6.07, 6.45) is 0. The van der Waals surface area contributed by atoms with Gasteiger partial charge in [0.25, 0.3) is 5.69 Å². The lowest BCUT2D eigenvalue weighted by Crippen LogP contribution is -2.54. The lowest BCUT2D eigenvalue weighted by Gasteiger charge is -2.39. The van der Waals surface area contributed by atoms with Crippen molar-refractivity contribution in [1.29, 1.82) is 0 Å². The highest BCUT2D eigenvalue weighted by atomic mass is 35.5. The Hall–Kier alpha value is -1.86. The number of halogens is 1. The van der Waals surface area contributed by atoms with Gasteiger partial charge in [-0.2, -0.15) is 0 Å². The molecule has 8 heteroatoms. The summed E-state index contributed by atoms with van der Waals surface area (Å²) < 4.78 is 0. The van der Waals surface area contributed by atoms with Crippen LogP contribution in [-0.2, 0) is 4.79 Å². The molecule has 0 spiro atoms. The van der Waals surface area contributed by atoms with Crippen LogP contribution in [0.15, 0.2) is 24.3 Å². The van der Waals surface area contributed by atoms with E-state index in [1.807, 2.05) is 22.8 Å². The maximum absolute atomic E-state index is 12.5. The molecule has 0 saturated carbocycles. The Morgan fingerprint density at radius 3 is 2.42 bits per heavy atom. The molecule has 1 amide bonds. The number of hydrogen-bond acceptors (Lipinski definition) is 5. The van der Waals surface area contributed by atoms with Gasteiger partial charge in [0, 0.05) is 38.2 Å². The molecule has 3 rings (SSSR count). The quantitative estimate of drug-likeness (QED) is 0.655. The second-order valence-electron chi connectivity index (χ2n) is 6.27. The highest BCUT2D eigenvalue weighted by Gasteiger charge is 2.33. The van der Waals surface area contributed by atoms with Crippen LogP contribution in [0.1, 0.15) is 6.92 Å². The summed E-state index contributed by atoms with van der Waals surface area (Å²) in [5.74, 6) is 0.698. The molecule has 1 unspecified atom stereocenters. The average Bonchev–Trinajstić information content (AvgIpc) is 2.52. The van der Waals surface area contributed by atoms with Crippen LogP contribution in [0.25, 0.3) is 0 Å². The molecule has 0 aliphatic carbocycles. The van der Waals surface area contributed by atoms with Gasteiger partial charge >= 0.3 is 0 Å². The smallest absolute Gasteiger partial charge is 0.292 e. The first-order valence-electron chi connectivity index (χ1n) is 8.06. The Labute approximate surface area is 147 Å². The Kier molecular flexibility index (Phi) is 6.01. The van der Waals surface area contributed by atoms with E-state index in [0.717, 1.165) is 13.1 Å². The Balaban J connectivity index is 0.00000208. The van der Waals surface area contributed by atoms with Crippen molar-refractivity contribution in [3.63, 3.8) is 0 Å². The molecule has 1 atom stereocenters. The van der Waals surface area contributed by atoms with Gasteiger partial charge in [0.15, 0.2) is 0 Å². The van der Waals surface area contributed by atoms with Crippen molar-refractivity contribution < 1.29 is 9.72 Å². The molecule has 0 bridgehead atoms. The lowest BCUT2D eigenvalue weighted by molar-refractivity contribution is -0.384. The van der Waals surface area contributed by atoms with Crippen molar-refractivity contribution in [3.05, 3.63) is 34.4 Å². The second-order valence-corrected chi connectivity index (χ2v) is 6.27. The van der Waals surface area contributed by atoms with Gasteiger partial charge in [-0.25, -0.2) is 0 Å². The number of benzene rings is 1. The van der Waals surface area contributed by atoms with Crippen LogP contribution in [-0.4, -0.2) is 55.0 Å². The van der Waals surface area contributed by atoms with Crippen LogP contribution < -0.4 is 10.2 Å². The highest BCUT2D eigenvalue weighted by molar-refractivity contribution is 5.85. The van der Waals surface area contributed by atoms with Gasteiger partial charge in [0.2, 0.25) is 5.91 Å². The second kappa shape index (κ2) is 7.81. The molecule has 1 aromatic rings. The monoisotopic (exact) mass is 354 g/mol. The molecule has 0 radical (unpaired) electrons. The van der Waals surface area contributed by atoms with Gasteiger partial charge in [-0.15, -0.1) is 12.4 Å². The fourth-order valence-electron chi connectivity index (χ4n) is 3.21. The number of nitrogens with one attached hydrogen (secondary N) is 1. The Bertz CT molecular complexity index is 601. The molecular formula is C16H23ClN4O3. The normalized spacial score (nSPS) is 19.2. The van der Waals surface area contributed by atoms with Crippen molar-refractivity contribution in [1.82, 2.24) is 10.2 Å². The first kappa shape index (κ1) is 18.5. The summed E-state index contributed by atoms with van der Waals surface area (Å²) in [6, 6.07) is 6.79. The minimum atomic E-state index is -0.349. The Morgan fingerprint density at radius 1 is 1.25 bits per heavy atom. The summed E-state index contributed by atoms with van der Waals surface area (Å²) in [5.41, 5.74) is 0.766. The number of nitrogens with zero attached hydrogens (tertiary/aromatic N) is 3. The number of amides is 1. The van der Waals surface area contributed by atoms with Crippen molar-refractivity contribution in [3.8, 4) is 0 Å². The molecular weight excluding hydrogens is 332 g/mol. The molecule has 2 heterocycles. The first-order valence-corrected chi connectivity index (χ1v) is 8.06. The molecule has 1 N–H and O–H groups in total. The number of piperazine rings is 1. The summed E-state index contributed by atoms with van der Waals surface area (Å²) in [5, 5.41) is 14.4. The SMILES string of the molecule is CC(C(=O)N1CCN(c2ccccc2[N+](=O)[O-])CC1)C1CNC1.Cl. The van der Waals surface area contributed by atoms with Crippen LogP contribution in [0.2, 0.25) is 0 Å². The van der Waals surface area contributed by atoms with E-state index in [2.05, 4.69) is 5.32 Å². The predicted molar refractivity (Wildman–Crippen MR) is 94.7 cm³/mol. The lowest BCUT2D eigenvalue weighted by atomic mass is 9.88. The third-order valence-electron chi connectivity index (χ3n) is 4.92. The van der Waals surface area contributed by atoms with Gasteiger partial charge in [-0.05, 0) is 25.1 Å². The third kappa shape index (κ3) is 3.62. The standard InChI is InChI=1S/C16H22N4O3.ClH/c1-12(13-10-17-11-13)16(21)19-8-6-18(7-9-19)14-4-2-3-5-15(14)20(22)23;/h2-5,12-13,17H,6-11H2,1H3;1H. The maximum Gasteiger partial charge on any atom is 0.292 e. The molecule has 2 aliphatic rings. The van der Waals surface area contributed by atoms with Crippen molar-refractivity contribution in [2.24, 2.45) is 11.8 Å². The first-order chi connectivity index (χ1) is 11.1. The van der Waals surface area contributed by atoms with Crippen LogP contribution in [0.3, 0.4) is 0 Å². The van der Waals surface area contributed by atoms with Crippen LogP contribution in [0, 0.1) is 22.0 Å². The van der Waals surface area contributed by atoms with E-state index in [4.69, 9.17) is 0 Å². The summed E-state index contributed by atoms with van der Waals surface area (Å²) in [4.78, 5) is 27.2. The zero-order valence-electron chi connectivity index (χ0n) is 13.7. The van der Waals surface area contributed by atoms with Gasteiger partial charge in [0.05, 0.1) is 4.92 Å². The zero-order valence-corrected chi connectivity index (χ0v) is 14.5. The van der Waals surface area contributed by atoms with Crippen LogP contribution in [0.5, 0.6) is 0 Å². The van der Waals surface area contributed by atoms with Gasteiger partial charge in [0.1, 0.15) is 5.69 Å². The van der Waals surface area contributed by atoms with E-state index in [1.54, 1.807) is 12.1 Å². The van der Waals surface area contributed by atoms with Crippen LogP contribution >= 0.6 is 12.4 Å². The van der Waals surface area contributed by atoms with E-state index in [-0.39, 0.29) is 34.8 Å². The van der Waals surface area contributed by atoms with E-state index in [9.17, 15) is 14.9 Å². The fourth-order valence-corrected chi connectivity index (χ4v) is 3.21. The van der Waals surface area contributed by atoms with Gasteiger partial charge < -0.3 is 15.1 Å². The summed E-state index contributed by atoms with van der Waals surface area (Å²) in [6.45, 7) is 6.34. The number of rotatable bonds is 4. The number of nitro benzene ring substituents is 1. The third-order valence-corrected chi connectivity index (χ3v) is 4.92. The van der Waals surface area contributed by atoms with Gasteiger partial charge in [-0.3, -0.25) is 14.9 Å². The van der Waals surface area contributed by atoms with Crippen molar-refractivity contribution in [2.45, 2.75) is 6.92 Å². The molecule has 7 nitrogen and oxygen atoms in total. The maximum atomic E-state index is 12.5. The number of carbonyl (C=O) groups excluding carboxylic acids is 1. The fraction of sp³-hybridized carbons (Fsp3) is 0.562. The van der Waals surface area contributed by atoms with E-state index < -0.39 is 0 Å². The molecule has 2 saturated heterocycles. The molecule has 1 aromatic carbocycles. The number of hydrogen-bond donors (Lipinski definition) is 1. The van der Waals surface area contributed by atoms with Crippen molar-refractivity contribution in [2.75, 3.05) is 44.2 Å². The number of nitro groups is 1. The summed E-state index contributed by atoms with van der Waals surface area (Å²) >= 11 is 0. The minimum Gasteiger partial charge on any atom is -0.362 e. The minimum absolute atomic E-state index is 0. The largest absolute Gasteiger partial charge is 0.362 e. The zero-order chi connectivity index (χ0) is 16.4.